The van der Waals surface area contributed by atoms with E-state index >= 15 is 0 Å². The van der Waals surface area contributed by atoms with E-state index in [-0.39, 0.29) is 6.10 Å². The molecule has 1 aromatic heterocycles. The standard InChI is InChI=1S/C14H14ClNO2/c1-16-8-13-12(5-6-17-13)14(9-16)18-11-4-2-3-10(15)7-11/h2-7,14H,8-9H2,1H3. The molecule has 0 spiro atoms. The molecule has 0 aliphatic carbocycles. The van der Waals surface area contributed by atoms with Gasteiger partial charge in [0.1, 0.15) is 17.6 Å². The normalized spacial score (nSPS) is 19.6. The summed E-state index contributed by atoms with van der Waals surface area (Å²) < 4.78 is 11.5. The average Bonchev–Trinajstić information content (AvgIpc) is 2.77. The van der Waals surface area contributed by atoms with E-state index in [4.69, 9.17) is 20.8 Å². The van der Waals surface area contributed by atoms with E-state index in [1.54, 1.807) is 6.26 Å². The van der Waals surface area contributed by atoms with Gasteiger partial charge in [0.2, 0.25) is 0 Å². The molecule has 1 atom stereocenters. The Morgan fingerprint density at radius 3 is 3.11 bits per heavy atom. The molecule has 18 heavy (non-hydrogen) atoms. The molecule has 1 unspecified atom stereocenters. The van der Waals surface area contributed by atoms with Gasteiger partial charge in [0, 0.05) is 17.1 Å². The molecule has 1 aromatic carbocycles. The Labute approximate surface area is 111 Å². The third kappa shape index (κ3) is 2.24. The van der Waals surface area contributed by atoms with Crippen LogP contribution in [0.15, 0.2) is 41.0 Å². The summed E-state index contributed by atoms with van der Waals surface area (Å²) >= 11 is 5.96. The molecule has 2 heterocycles. The van der Waals surface area contributed by atoms with Crippen LogP contribution < -0.4 is 4.74 Å². The first kappa shape index (κ1) is 11.6. The number of ether oxygens (including phenoxy) is 1. The topological polar surface area (TPSA) is 25.6 Å². The Morgan fingerprint density at radius 1 is 1.39 bits per heavy atom. The SMILES string of the molecule is CN1Cc2occc2C(Oc2cccc(Cl)c2)C1. The molecule has 1 aliphatic heterocycles. The second-order valence-corrected chi connectivity index (χ2v) is 5.00. The molecule has 0 amide bonds. The van der Waals surface area contributed by atoms with Crippen molar-refractivity contribution in [3.05, 3.63) is 52.9 Å². The number of halogens is 1. The van der Waals surface area contributed by atoms with E-state index in [9.17, 15) is 0 Å². The molecule has 0 fully saturated rings. The largest absolute Gasteiger partial charge is 0.484 e. The zero-order chi connectivity index (χ0) is 12.5. The van der Waals surface area contributed by atoms with Crippen molar-refractivity contribution in [3.8, 4) is 5.75 Å². The molecule has 0 N–H and O–H groups in total. The maximum absolute atomic E-state index is 6.01. The number of rotatable bonds is 2. The van der Waals surface area contributed by atoms with Gasteiger partial charge in [-0.2, -0.15) is 0 Å². The Kier molecular flexibility index (Phi) is 3.02. The van der Waals surface area contributed by atoms with Crippen molar-refractivity contribution in [2.75, 3.05) is 13.6 Å². The second-order valence-electron chi connectivity index (χ2n) is 4.56. The van der Waals surface area contributed by atoms with Crippen molar-refractivity contribution in [1.82, 2.24) is 4.90 Å². The van der Waals surface area contributed by atoms with Gasteiger partial charge in [0.25, 0.3) is 0 Å². The van der Waals surface area contributed by atoms with Gasteiger partial charge < -0.3 is 9.15 Å². The minimum absolute atomic E-state index is 0.00373. The van der Waals surface area contributed by atoms with Crippen molar-refractivity contribution >= 4 is 11.6 Å². The van der Waals surface area contributed by atoms with Crippen LogP contribution in [0, 0.1) is 0 Å². The van der Waals surface area contributed by atoms with Crippen molar-refractivity contribution in [2.24, 2.45) is 0 Å². The third-order valence-electron chi connectivity index (χ3n) is 3.09. The van der Waals surface area contributed by atoms with Crippen LogP contribution in [0.25, 0.3) is 0 Å². The van der Waals surface area contributed by atoms with Crippen molar-refractivity contribution in [2.45, 2.75) is 12.6 Å². The number of hydrogen-bond donors (Lipinski definition) is 0. The van der Waals surface area contributed by atoms with E-state index in [0.29, 0.717) is 5.02 Å². The summed E-state index contributed by atoms with van der Waals surface area (Å²) in [6.45, 7) is 1.68. The predicted octanol–water partition coefficient (Wildman–Crippen LogP) is 3.50. The lowest BCUT2D eigenvalue weighted by molar-refractivity contribution is 0.120. The number of nitrogens with zero attached hydrogens (tertiary/aromatic N) is 1. The summed E-state index contributed by atoms with van der Waals surface area (Å²) in [6, 6.07) is 9.46. The number of fused-ring (bicyclic) bond motifs is 1. The van der Waals surface area contributed by atoms with Crippen molar-refractivity contribution in [3.63, 3.8) is 0 Å². The van der Waals surface area contributed by atoms with Gasteiger partial charge in [-0.05, 0) is 31.3 Å². The Morgan fingerprint density at radius 2 is 2.28 bits per heavy atom. The fourth-order valence-electron chi connectivity index (χ4n) is 2.26. The van der Waals surface area contributed by atoms with Crippen molar-refractivity contribution in [1.29, 1.82) is 0 Å². The lowest BCUT2D eigenvalue weighted by atomic mass is 10.1. The van der Waals surface area contributed by atoms with Gasteiger partial charge in [-0.1, -0.05) is 17.7 Å². The van der Waals surface area contributed by atoms with Crippen LogP contribution in [0.3, 0.4) is 0 Å². The fraction of sp³-hybridized carbons (Fsp3) is 0.286. The molecular formula is C14H14ClNO2. The molecule has 94 valence electrons. The van der Waals surface area contributed by atoms with E-state index in [0.717, 1.165) is 30.2 Å². The average molecular weight is 264 g/mol. The van der Waals surface area contributed by atoms with Crippen LogP contribution in [0.2, 0.25) is 5.02 Å². The highest BCUT2D eigenvalue weighted by atomic mass is 35.5. The van der Waals surface area contributed by atoms with Crippen LogP contribution in [0.1, 0.15) is 17.4 Å². The smallest absolute Gasteiger partial charge is 0.140 e. The van der Waals surface area contributed by atoms with Gasteiger partial charge in [-0.3, -0.25) is 4.90 Å². The zero-order valence-corrected chi connectivity index (χ0v) is 10.9. The quantitative estimate of drug-likeness (QED) is 0.829. The first-order valence-electron chi connectivity index (χ1n) is 5.89. The Bertz CT molecular complexity index is 552. The predicted molar refractivity (Wildman–Crippen MR) is 69.9 cm³/mol. The van der Waals surface area contributed by atoms with E-state index in [1.165, 1.54) is 0 Å². The van der Waals surface area contributed by atoms with Gasteiger partial charge >= 0.3 is 0 Å². The van der Waals surface area contributed by atoms with Crippen molar-refractivity contribution < 1.29 is 9.15 Å². The van der Waals surface area contributed by atoms with E-state index in [2.05, 4.69) is 11.9 Å². The highest BCUT2D eigenvalue weighted by Gasteiger charge is 2.27. The van der Waals surface area contributed by atoms with E-state index in [1.807, 2.05) is 30.3 Å². The molecule has 3 rings (SSSR count). The molecular weight excluding hydrogens is 250 g/mol. The minimum atomic E-state index is -0.00373. The second kappa shape index (κ2) is 4.67. The molecule has 0 saturated heterocycles. The maximum Gasteiger partial charge on any atom is 0.140 e. The fourth-order valence-corrected chi connectivity index (χ4v) is 2.44. The highest BCUT2D eigenvalue weighted by molar-refractivity contribution is 6.30. The summed E-state index contributed by atoms with van der Waals surface area (Å²) in [4.78, 5) is 2.18. The number of hydrogen-bond acceptors (Lipinski definition) is 3. The van der Waals surface area contributed by atoms with Crippen LogP contribution in [-0.4, -0.2) is 18.5 Å². The number of likely N-dealkylation sites (N-methyl/N-ethyl adjacent to an activating group) is 1. The summed E-state index contributed by atoms with van der Waals surface area (Å²) in [6.07, 6.45) is 1.72. The molecule has 3 nitrogen and oxygen atoms in total. The number of furan rings is 1. The molecule has 1 aliphatic rings. The third-order valence-corrected chi connectivity index (χ3v) is 3.33. The number of benzene rings is 1. The Balaban J connectivity index is 1.86. The zero-order valence-electron chi connectivity index (χ0n) is 10.1. The Hall–Kier alpha value is -1.45. The van der Waals surface area contributed by atoms with Crippen LogP contribution in [0.5, 0.6) is 5.75 Å². The van der Waals surface area contributed by atoms with Gasteiger partial charge in [-0.25, -0.2) is 0 Å². The summed E-state index contributed by atoms with van der Waals surface area (Å²) in [5.74, 6) is 1.77. The molecule has 2 aromatic rings. The highest BCUT2D eigenvalue weighted by Crippen LogP contribution is 2.31. The van der Waals surface area contributed by atoms with Gasteiger partial charge in [0.15, 0.2) is 0 Å². The van der Waals surface area contributed by atoms with Crippen LogP contribution in [0.4, 0.5) is 0 Å². The molecule has 0 saturated carbocycles. The van der Waals surface area contributed by atoms with Gasteiger partial charge in [0.05, 0.1) is 12.8 Å². The molecule has 4 heteroatoms. The van der Waals surface area contributed by atoms with Crippen LogP contribution >= 0.6 is 11.6 Å². The first-order valence-corrected chi connectivity index (χ1v) is 6.27. The van der Waals surface area contributed by atoms with E-state index < -0.39 is 0 Å². The van der Waals surface area contributed by atoms with Gasteiger partial charge in [-0.15, -0.1) is 0 Å². The molecule has 0 radical (unpaired) electrons. The summed E-state index contributed by atoms with van der Waals surface area (Å²) in [5.41, 5.74) is 1.13. The molecule has 0 bridgehead atoms. The minimum Gasteiger partial charge on any atom is -0.484 e. The summed E-state index contributed by atoms with van der Waals surface area (Å²) in [7, 11) is 2.06. The monoisotopic (exact) mass is 263 g/mol. The lowest BCUT2D eigenvalue weighted by Crippen LogP contribution is -2.32. The lowest BCUT2D eigenvalue weighted by Gasteiger charge is -2.29. The van der Waals surface area contributed by atoms with Crippen LogP contribution in [-0.2, 0) is 6.54 Å². The summed E-state index contributed by atoms with van der Waals surface area (Å²) in [5, 5.41) is 0.684. The maximum atomic E-state index is 6.01. The first-order chi connectivity index (χ1) is 8.72.